The molecule has 1 aromatic carbocycles. The van der Waals surface area contributed by atoms with Gasteiger partial charge in [0.2, 0.25) is 0 Å². The second-order valence-corrected chi connectivity index (χ2v) is 7.56. The molecule has 0 atom stereocenters. The third kappa shape index (κ3) is 3.76. The molecule has 0 saturated heterocycles. The lowest BCUT2D eigenvalue weighted by atomic mass is 10.2. The molecule has 26 heavy (non-hydrogen) atoms. The minimum Gasteiger partial charge on any atom is -0.302 e. The lowest BCUT2D eigenvalue weighted by Gasteiger charge is -2.07. The van der Waals surface area contributed by atoms with Crippen molar-refractivity contribution in [1.29, 1.82) is 0 Å². The topological polar surface area (TPSA) is 64.7 Å². The average Bonchev–Trinajstić information content (AvgIpc) is 3.02. The van der Waals surface area contributed by atoms with E-state index in [4.69, 9.17) is 34.8 Å². The van der Waals surface area contributed by atoms with E-state index in [-0.39, 0.29) is 11.7 Å². The quantitative estimate of drug-likeness (QED) is 0.578. The summed E-state index contributed by atoms with van der Waals surface area (Å²) in [5.74, 6) is -0.131. The molecule has 3 aromatic rings. The van der Waals surface area contributed by atoms with Crippen LogP contribution >= 0.6 is 50.7 Å². The molecule has 0 spiro atoms. The fraction of sp³-hybridized carbons (Fsp3) is 0.188. The van der Waals surface area contributed by atoms with Crippen LogP contribution in [0.3, 0.4) is 0 Å². The summed E-state index contributed by atoms with van der Waals surface area (Å²) in [5, 5.41) is 12.6. The maximum absolute atomic E-state index is 12.5. The van der Waals surface area contributed by atoms with Crippen LogP contribution in [0.1, 0.15) is 21.7 Å². The fourth-order valence-corrected chi connectivity index (χ4v) is 3.68. The normalized spacial score (nSPS) is 11.0. The van der Waals surface area contributed by atoms with Gasteiger partial charge in [-0.25, -0.2) is 0 Å². The summed E-state index contributed by atoms with van der Waals surface area (Å²) in [6.07, 6.45) is 1.60. The summed E-state index contributed by atoms with van der Waals surface area (Å²) in [4.78, 5) is 12.5. The highest BCUT2D eigenvalue weighted by Gasteiger charge is 2.20. The van der Waals surface area contributed by atoms with Gasteiger partial charge in [-0.2, -0.15) is 10.2 Å². The van der Waals surface area contributed by atoms with Gasteiger partial charge in [-0.15, -0.1) is 0 Å². The van der Waals surface area contributed by atoms with Crippen molar-refractivity contribution in [3.05, 3.63) is 60.9 Å². The molecule has 10 heteroatoms. The number of nitrogens with one attached hydrogen (secondary N) is 1. The van der Waals surface area contributed by atoms with Crippen LogP contribution in [-0.2, 0) is 13.6 Å². The van der Waals surface area contributed by atoms with Crippen LogP contribution in [0.4, 0.5) is 5.82 Å². The number of carbonyl (C=O) groups excluding carboxylic acids is 1. The molecule has 0 unspecified atom stereocenters. The number of rotatable bonds is 4. The number of hydrogen-bond acceptors (Lipinski definition) is 3. The Kier molecular flexibility index (Phi) is 5.62. The molecule has 0 fully saturated rings. The van der Waals surface area contributed by atoms with Crippen LogP contribution in [-0.4, -0.2) is 25.5 Å². The van der Waals surface area contributed by atoms with E-state index in [2.05, 4.69) is 31.4 Å². The number of anilines is 1. The predicted octanol–water partition coefficient (Wildman–Crippen LogP) is 4.95. The second-order valence-electron chi connectivity index (χ2n) is 5.55. The van der Waals surface area contributed by atoms with E-state index in [0.717, 1.165) is 5.56 Å². The van der Waals surface area contributed by atoms with Gasteiger partial charge in [0.15, 0.2) is 5.82 Å². The Balaban J connectivity index is 1.84. The number of carbonyl (C=O) groups is 1. The summed E-state index contributed by atoms with van der Waals surface area (Å²) >= 11 is 21.9. The molecule has 0 aliphatic heterocycles. The Morgan fingerprint density at radius 1 is 1.19 bits per heavy atom. The van der Waals surface area contributed by atoms with Crippen molar-refractivity contribution in [2.24, 2.45) is 7.05 Å². The van der Waals surface area contributed by atoms with Gasteiger partial charge in [-0.3, -0.25) is 14.2 Å². The maximum Gasteiger partial charge on any atom is 0.276 e. The number of hydrogen-bond donors (Lipinski definition) is 1. The first-order valence-electron chi connectivity index (χ1n) is 7.44. The number of benzene rings is 1. The fourth-order valence-electron chi connectivity index (χ4n) is 2.45. The average molecular weight is 478 g/mol. The van der Waals surface area contributed by atoms with Gasteiger partial charge in [0.05, 0.1) is 16.7 Å². The third-order valence-corrected chi connectivity index (χ3v) is 5.63. The molecular formula is C16H13BrCl3N5O. The number of halogens is 4. The Hall–Kier alpha value is -1.54. The minimum absolute atomic E-state index is 0.241. The number of amides is 1. The van der Waals surface area contributed by atoms with Crippen molar-refractivity contribution >= 4 is 62.5 Å². The van der Waals surface area contributed by atoms with Crippen LogP contribution in [0.15, 0.2) is 28.9 Å². The maximum atomic E-state index is 12.5. The van der Waals surface area contributed by atoms with E-state index in [1.807, 2.05) is 0 Å². The molecular weight excluding hydrogens is 464 g/mol. The molecule has 3 rings (SSSR count). The van der Waals surface area contributed by atoms with E-state index in [9.17, 15) is 4.79 Å². The van der Waals surface area contributed by atoms with Crippen molar-refractivity contribution in [2.45, 2.75) is 13.5 Å². The largest absolute Gasteiger partial charge is 0.302 e. The van der Waals surface area contributed by atoms with Gasteiger partial charge in [-0.05, 0) is 35.0 Å². The zero-order chi connectivity index (χ0) is 19.0. The molecule has 6 nitrogen and oxygen atoms in total. The van der Waals surface area contributed by atoms with Gasteiger partial charge >= 0.3 is 0 Å². The molecule has 0 aliphatic carbocycles. The first kappa shape index (κ1) is 19.2. The monoisotopic (exact) mass is 475 g/mol. The van der Waals surface area contributed by atoms with Gasteiger partial charge in [-0.1, -0.05) is 40.9 Å². The smallest absolute Gasteiger partial charge is 0.276 e. The van der Waals surface area contributed by atoms with E-state index in [1.165, 1.54) is 4.68 Å². The molecule has 2 heterocycles. The van der Waals surface area contributed by atoms with Crippen molar-refractivity contribution in [1.82, 2.24) is 19.6 Å². The van der Waals surface area contributed by atoms with Crippen LogP contribution in [0.5, 0.6) is 0 Å². The molecule has 0 radical (unpaired) electrons. The van der Waals surface area contributed by atoms with E-state index in [0.29, 0.717) is 37.5 Å². The number of aromatic nitrogens is 4. The number of nitrogens with zero attached hydrogens (tertiary/aromatic N) is 4. The van der Waals surface area contributed by atoms with Gasteiger partial charge in [0.25, 0.3) is 5.91 Å². The first-order valence-corrected chi connectivity index (χ1v) is 9.37. The summed E-state index contributed by atoms with van der Waals surface area (Å²) in [6, 6.07) is 5.27. The molecule has 2 aromatic heterocycles. The molecule has 0 aliphatic rings. The zero-order valence-corrected chi connectivity index (χ0v) is 17.6. The summed E-state index contributed by atoms with van der Waals surface area (Å²) in [6.45, 7) is 2.12. The van der Waals surface area contributed by atoms with Crippen LogP contribution in [0.25, 0.3) is 0 Å². The SMILES string of the molecule is Cc1nn(C)c(C(=O)Nc2nn(Cc3c(Cl)cccc3Cl)cc2Cl)c1Br. The highest BCUT2D eigenvalue weighted by Crippen LogP contribution is 2.27. The second kappa shape index (κ2) is 7.60. The van der Waals surface area contributed by atoms with Crippen molar-refractivity contribution in [2.75, 3.05) is 5.32 Å². The van der Waals surface area contributed by atoms with E-state index in [1.54, 1.807) is 43.0 Å². The van der Waals surface area contributed by atoms with Crippen LogP contribution in [0.2, 0.25) is 15.1 Å². The third-order valence-electron chi connectivity index (χ3n) is 3.70. The van der Waals surface area contributed by atoms with Gasteiger partial charge in [0, 0.05) is 28.9 Å². The lowest BCUT2D eigenvalue weighted by molar-refractivity contribution is 0.101. The van der Waals surface area contributed by atoms with Crippen molar-refractivity contribution < 1.29 is 4.79 Å². The van der Waals surface area contributed by atoms with E-state index < -0.39 is 0 Å². The zero-order valence-electron chi connectivity index (χ0n) is 13.7. The van der Waals surface area contributed by atoms with Gasteiger partial charge < -0.3 is 5.32 Å². The number of aryl methyl sites for hydroxylation is 2. The first-order chi connectivity index (χ1) is 12.3. The molecule has 136 valence electrons. The van der Waals surface area contributed by atoms with E-state index >= 15 is 0 Å². The lowest BCUT2D eigenvalue weighted by Crippen LogP contribution is -2.17. The minimum atomic E-state index is -0.372. The Labute approximate surface area is 173 Å². The van der Waals surface area contributed by atoms with Crippen LogP contribution in [0, 0.1) is 6.92 Å². The highest BCUT2D eigenvalue weighted by molar-refractivity contribution is 9.10. The van der Waals surface area contributed by atoms with Crippen LogP contribution < -0.4 is 5.32 Å². The van der Waals surface area contributed by atoms with Crippen molar-refractivity contribution in [3.8, 4) is 0 Å². The molecule has 0 bridgehead atoms. The molecule has 1 N–H and O–H groups in total. The summed E-state index contributed by atoms with van der Waals surface area (Å²) < 4.78 is 3.67. The Morgan fingerprint density at radius 3 is 2.42 bits per heavy atom. The van der Waals surface area contributed by atoms with Crippen molar-refractivity contribution in [3.63, 3.8) is 0 Å². The Bertz CT molecular complexity index is 978. The predicted molar refractivity (Wildman–Crippen MR) is 106 cm³/mol. The highest BCUT2D eigenvalue weighted by atomic mass is 79.9. The summed E-state index contributed by atoms with van der Waals surface area (Å²) in [7, 11) is 1.69. The molecule has 0 saturated carbocycles. The Morgan fingerprint density at radius 2 is 1.85 bits per heavy atom. The summed E-state index contributed by atoms with van der Waals surface area (Å²) in [5.41, 5.74) is 1.81. The van der Waals surface area contributed by atoms with Gasteiger partial charge in [0.1, 0.15) is 10.7 Å². The standard InChI is InChI=1S/C16H13BrCl3N5O/c1-8-13(17)14(24(2)22-8)16(26)21-15-12(20)7-25(23-15)6-9-10(18)4-3-5-11(9)19/h3-5,7H,6H2,1-2H3,(H,21,23,26). The molecule has 1 amide bonds.